The minimum Gasteiger partial charge on any atom is -0.338 e. The van der Waals surface area contributed by atoms with Gasteiger partial charge in [0, 0.05) is 55.8 Å². The summed E-state index contributed by atoms with van der Waals surface area (Å²) < 4.78 is 5.40. The average molecular weight is 366 g/mol. The highest BCUT2D eigenvalue weighted by Gasteiger charge is 2.26. The summed E-state index contributed by atoms with van der Waals surface area (Å²) in [7, 11) is 0. The lowest BCUT2D eigenvalue weighted by molar-refractivity contribution is -0.384. The number of piperazine rings is 1. The molecule has 1 atom stereocenters. The van der Waals surface area contributed by atoms with E-state index in [1.54, 1.807) is 18.3 Å². The van der Waals surface area contributed by atoms with Crippen molar-refractivity contribution < 1.29 is 9.45 Å². The van der Waals surface area contributed by atoms with E-state index < -0.39 is 4.92 Å². The van der Waals surface area contributed by atoms with Crippen LogP contribution in [0.2, 0.25) is 0 Å². The third-order valence-corrected chi connectivity index (χ3v) is 4.55. The van der Waals surface area contributed by atoms with Crippen molar-refractivity contribution in [2.45, 2.75) is 12.6 Å². The van der Waals surface area contributed by atoms with Crippen LogP contribution in [0.1, 0.15) is 17.5 Å². The molecular weight excluding hydrogens is 348 g/mol. The first-order valence-corrected chi connectivity index (χ1v) is 8.63. The molecule has 1 saturated heterocycles. The van der Waals surface area contributed by atoms with Crippen molar-refractivity contribution in [1.82, 2.24) is 25.3 Å². The molecule has 0 amide bonds. The second kappa shape index (κ2) is 7.60. The number of nitro groups is 1. The topological polar surface area (TPSA) is 110 Å². The molecule has 1 aliphatic rings. The summed E-state index contributed by atoms with van der Waals surface area (Å²) in [4.78, 5) is 21.4. The Hall–Kier alpha value is -3.17. The van der Waals surface area contributed by atoms with Gasteiger partial charge in [0.25, 0.3) is 5.69 Å². The Morgan fingerprint density at radius 1 is 1.33 bits per heavy atom. The lowest BCUT2D eigenvalue weighted by Crippen LogP contribution is -2.45. The highest BCUT2D eigenvalue weighted by atomic mass is 16.6. The number of rotatable bonds is 5. The van der Waals surface area contributed by atoms with Crippen LogP contribution < -0.4 is 5.32 Å². The number of benzene rings is 1. The highest BCUT2D eigenvalue weighted by Crippen LogP contribution is 2.25. The van der Waals surface area contributed by atoms with Crippen molar-refractivity contribution >= 4 is 5.69 Å². The van der Waals surface area contributed by atoms with Gasteiger partial charge in [-0.15, -0.1) is 0 Å². The number of nitrogens with one attached hydrogen (secondary N) is 1. The first-order valence-electron chi connectivity index (χ1n) is 8.63. The van der Waals surface area contributed by atoms with Crippen LogP contribution >= 0.6 is 0 Å². The highest BCUT2D eigenvalue weighted by molar-refractivity contribution is 5.58. The molecule has 4 rings (SSSR count). The van der Waals surface area contributed by atoms with Gasteiger partial charge >= 0.3 is 0 Å². The normalized spacial score (nSPS) is 17.7. The molecule has 1 N–H and O–H groups in total. The maximum atomic E-state index is 10.9. The van der Waals surface area contributed by atoms with E-state index in [1.165, 1.54) is 12.1 Å². The van der Waals surface area contributed by atoms with Gasteiger partial charge in [-0.3, -0.25) is 20.0 Å². The van der Waals surface area contributed by atoms with Crippen LogP contribution in [0.4, 0.5) is 5.69 Å². The van der Waals surface area contributed by atoms with Gasteiger partial charge in [0.05, 0.1) is 11.5 Å². The third-order valence-electron chi connectivity index (χ3n) is 4.55. The zero-order chi connectivity index (χ0) is 18.6. The molecule has 3 aromatic rings. The molecule has 9 heteroatoms. The Labute approximate surface area is 155 Å². The number of aromatic nitrogens is 3. The van der Waals surface area contributed by atoms with Crippen molar-refractivity contribution in [3.05, 3.63) is 70.4 Å². The molecule has 1 unspecified atom stereocenters. The second-order valence-corrected chi connectivity index (χ2v) is 6.30. The van der Waals surface area contributed by atoms with Crippen molar-refractivity contribution in [2.24, 2.45) is 0 Å². The number of hydrogen-bond acceptors (Lipinski definition) is 8. The van der Waals surface area contributed by atoms with Crippen molar-refractivity contribution in [3.8, 4) is 11.4 Å². The van der Waals surface area contributed by atoms with Crippen LogP contribution in [0.5, 0.6) is 0 Å². The number of nitrogens with zero attached hydrogens (tertiary/aromatic N) is 5. The van der Waals surface area contributed by atoms with E-state index in [-0.39, 0.29) is 11.7 Å². The van der Waals surface area contributed by atoms with Gasteiger partial charge in [-0.05, 0) is 11.6 Å². The van der Waals surface area contributed by atoms with Gasteiger partial charge in [-0.2, -0.15) is 4.98 Å². The van der Waals surface area contributed by atoms with E-state index in [4.69, 9.17) is 4.52 Å². The summed E-state index contributed by atoms with van der Waals surface area (Å²) in [5.74, 6) is 0.828. The first-order chi connectivity index (χ1) is 13.2. The average Bonchev–Trinajstić information content (AvgIpc) is 3.18. The quantitative estimate of drug-likeness (QED) is 0.540. The summed E-state index contributed by atoms with van der Waals surface area (Å²) in [5.41, 5.74) is 1.68. The van der Waals surface area contributed by atoms with Crippen LogP contribution in [-0.4, -0.2) is 44.6 Å². The molecule has 2 aromatic heterocycles. The fourth-order valence-corrected chi connectivity index (χ4v) is 3.21. The van der Waals surface area contributed by atoms with E-state index in [9.17, 15) is 10.1 Å². The number of hydrogen-bond donors (Lipinski definition) is 1. The molecule has 1 fully saturated rings. The molecule has 0 aliphatic carbocycles. The zero-order valence-corrected chi connectivity index (χ0v) is 14.5. The van der Waals surface area contributed by atoms with Gasteiger partial charge in [-0.25, -0.2) is 0 Å². The van der Waals surface area contributed by atoms with E-state index in [0.717, 1.165) is 25.2 Å². The Balaban J connectivity index is 1.53. The summed E-state index contributed by atoms with van der Waals surface area (Å²) in [6.07, 6.45) is 3.63. The zero-order valence-electron chi connectivity index (χ0n) is 14.5. The predicted octanol–water partition coefficient (Wildman–Crippen LogP) is 2.19. The van der Waals surface area contributed by atoms with Crippen molar-refractivity contribution in [1.29, 1.82) is 0 Å². The van der Waals surface area contributed by atoms with E-state index in [2.05, 4.69) is 31.4 Å². The number of non-ortho nitro benzene ring substituents is 1. The molecule has 0 radical (unpaired) electrons. The summed E-state index contributed by atoms with van der Waals surface area (Å²) >= 11 is 0. The molecule has 0 spiro atoms. The molecule has 138 valence electrons. The lowest BCUT2D eigenvalue weighted by atomic mass is 10.1. The lowest BCUT2D eigenvalue weighted by Gasteiger charge is -2.35. The molecule has 27 heavy (non-hydrogen) atoms. The molecule has 9 nitrogen and oxygen atoms in total. The maximum absolute atomic E-state index is 10.9. The molecule has 0 bridgehead atoms. The minimum atomic E-state index is -0.441. The van der Waals surface area contributed by atoms with Crippen LogP contribution in [-0.2, 0) is 6.54 Å². The number of nitro benzene ring substituents is 1. The second-order valence-electron chi connectivity index (χ2n) is 6.30. The maximum Gasteiger partial charge on any atom is 0.270 e. The summed E-state index contributed by atoms with van der Waals surface area (Å²) in [6, 6.07) is 10.4. The van der Waals surface area contributed by atoms with Crippen LogP contribution in [0, 0.1) is 10.1 Å². The molecule has 0 saturated carbocycles. The van der Waals surface area contributed by atoms with Crippen molar-refractivity contribution in [2.75, 3.05) is 19.6 Å². The van der Waals surface area contributed by atoms with Crippen molar-refractivity contribution in [3.63, 3.8) is 0 Å². The Morgan fingerprint density at radius 3 is 3.07 bits per heavy atom. The summed E-state index contributed by atoms with van der Waals surface area (Å²) in [6.45, 7) is 3.04. The van der Waals surface area contributed by atoms with Gasteiger partial charge in [0.2, 0.25) is 11.7 Å². The van der Waals surface area contributed by atoms with Gasteiger partial charge < -0.3 is 9.84 Å². The van der Waals surface area contributed by atoms with E-state index >= 15 is 0 Å². The largest absolute Gasteiger partial charge is 0.338 e. The Bertz CT molecular complexity index is 930. The fraction of sp³-hybridized carbons (Fsp3) is 0.278. The van der Waals surface area contributed by atoms with Crippen LogP contribution in [0.3, 0.4) is 0 Å². The van der Waals surface area contributed by atoms with E-state index in [1.807, 2.05) is 12.3 Å². The fourth-order valence-electron chi connectivity index (χ4n) is 3.21. The monoisotopic (exact) mass is 366 g/mol. The Kier molecular flexibility index (Phi) is 4.86. The summed E-state index contributed by atoms with van der Waals surface area (Å²) in [5, 5.41) is 18.3. The van der Waals surface area contributed by atoms with Crippen LogP contribution in [0.15, 0.2) is 53.3 Å². The molecule has 1 aromatic carbocycles. The molecular formula is C18H18N6O3. The van der Waals surface area contributed by atoms with Gasteiger partial charge in [0.15, 0.2) is 0 Å². The molecule has 1 aliphatic heterocycles. The van der Waals surface area contributed by atoms with Gasteiger partial charge in [0.1, 0.15) is 0 Å². The third kappa shape index (κ3) is 3.83. The minimum absolute atomic E-state index is 0.00223. The first kappa shape index (κ1) is 17.3. The van der Waals surface area contributed by atoms with Gasteiger partial charge in [-0.1, -0.05) is 23.4 Å². The SMILES string of the molecule is O=[N+]([O-])c1cccc(-c2noc(CN3CCNCC3c3cccnc3)n2)c1. The molecule has 3 heterocycles. The smallest absolute Gasteiger partial charge is 0.270 e. The standard InChI is InChI=1S/C18H18N6O3/c25-24(26)15-5-1-3-13(9-15)18-21-17(27-22-18)12-23-8-7-20-11-16(23)14-4-2-6-19-10-14/h1-6,9-10,16,20H,7-8,11-12H2. The van der Waals surface area contributed by atoms with E-state index in [0.29, 0.717) is 23.8 Å². The predicted molar refractivity (Wildman–Crippen MR) is 96.6 cm³/mol. The number of pyridine rings is 1. The van der Waals surface area contributed by atoms with Crippen LogP contribution in [0.25, 0.3) is 11.4 Å². The Morgan fingerprint density at radius 2 is 2.26 bits per heavy atom.